The first kappa shape index (κ1) is 15.1. The number of nitrogens with two attached hydrogens (primary N) is 1. The summed E-state index contributed by atoms with van der Waals surface area (Å²) in [6.07, 6.45) is 4.69. The van der Waals surface area contributed by atoms with Crippen LogP contribution in [0, 0.1) is 12.5 Å². The van der Waals surface area contributed by atoms with E-state index in [1.807, 2.05) is 0 Å². The quantitative estimate of drug-likeness (QED) is 0.527. The molecule has 0 amide bonds. The number of nitrogen functional groups attached to an aromatic ring is 1. The molecule has 1 aromatic heterocycles. The van der Waals surface area contributed by atoms with Gasteiger partial charge in [-0.25, -0.2) is 0 Å². The highest BCUT2D eigenvalue weighted by Gasteiger charge is 2.31. The second-order valence-corrected chi connectivity index (χ2v) is 4.53. The van der Waals surface area contributed by atoms with Crippen molar-refractivity contribution in [2.45, 2.75) is 6.10 Å². The molecular weight excluding hydrogens is 278 g/mol. The minimum Gasteiger partial charge on any atom is -0.394 e. The molecule has 1 aliphatic rings. The maximum absolute atomic E-state index is 12.2. The van der Waals surface area contributed by atoms with Crippen LogP contribution < -0.4 is 21.1 Å². The lowest BCUT2D eigenvalue weighted by atomic mass is 10.4. The van der Waals surface area contributed by atoms with Gasteiger partial charge in [0, 0.05) is 13.1 Å². The van der Waals surface area contributed by atoms with Crippen molar-refractivity contribution in [3.63, 3.8) is 0 Å². The van der Waals surface area contributed by atoms with Crippen LogP contribution in [0.2, 0.25) is 0 Å². The van der Waals surface area contributed by atoms with Crippen LogP contribution in [0.25, 0.3) is 0 Å². The van der Waals surface area contributed by atoms with Gasteiger partial charge in [0.05, 0.1) is 13.2 Å². The number of hydrogen-bond donors (Lipinski definition) is 3. The van der Waals surface area contributed by atoms with Gasteiger partial charge in [0.2, 0.25) is 5.95 Å². The number of rotatable bonds is 5. The Hall–Kier alpha value is -2.28. The number of aliphatic hydroxyl groups is 2. The van der Waals surface area contributed by atoms with Gasteiger partial charge in [-0.15, -0.1) is 0 Å². The van der Waals surface area contributed by atoms with Crippen LogP contribution in [0.15, 0.2) is 4.79 Å². The van der Waals surface area contributed by atoms with Gasteiger partial charge in [-0.1, -0.05) is 6.42 Å². The van der Waals surface area contributed by atoms with E-state index in [4.69, 9.17) is 27.1 Å². The van der Waals surface area contributed by atoms with E-state index < -0.39 is 6.10 Å². The maximum atomic E-state index is 12.2. The largest absolute Gasteiger partial charge is 0.394 e. The van der Waals surface area contributed by atoms with Gasteiger partial charge in [-0.05, 0) is 0 Å². The summed E-state index contributed by atoms with van der Waals surface area (Å²) in [7, 11) is 1.51. The molecule has 9 nitrogen and oxygen atoms in total. The first-order valence-electron chi connectivity index (χ1n) is 6.22. The van der Waals surface area contributed by atoms with Crippen molar-refractivity contribution in [1.82, 2.24) is 9.55 Å². The number of ether oxygens (including phenoxy) is 1. The molecule has 0 aliphatic carbocycles. The fourth-order valence-corrected chi connectivity index (χ4v) is 1.93. The van der Waals surface area contributed by atoms with E-state index in [1.165, 1.54) is 16.5 Å². The molecule has 9 heteroatoms. The Balaban J connectivity index is 2.31. The van der Waals surface area contributed by atoms with Crippen molar-refractivity contribution in [1.29, 1.82) is 0 Å². The van der Waals surface area contributed by atoms with E-state index in [-0.39, 0.29) is 43.8 Å². The number of nitrogens with zero attached hydrogens (tertiary/aromatic N) is 4. The third-order valence-corrected chi connectivity index (χ3v) is 3.19. The molecule has 0 saturated carbocycles. The summed E-state index contributed by atoms with van der Waals surface area (Å²) >= 11 is 0. The van der Waals surface area contributed by atoms with Crippen LogP contribution in [0.1, 0.15) is 0 Å². The molecule has 4 N–H and O–H groups in total. The Morgan fingerprint density at radius 1 is 1.52 bits per heavy atom. The number of aliphatic hydroxyl groups excluding tert-OH is 2. The topological polar surface area (TPSA) is 117 Å². The van der Waals surface area contributed by atoms with E-state index in [1.54, 1.807) is 4.90 Å². The Kier molecular flexibility index (Phi) is 4.32. The zero-order valence-electron chi connectivity index (χ0n) is 11.6. The third kappa shape index (κ3) is 2.64. The predicted molar refractivity (Wildman–Crippen MR) is 76.5 cm³/mol. The number of fused-ring (bicyclic) bond motifs is 1. The van der Waals surface area contributed by atoms with Crippen molar-refractivity contribution in [3.05, 3.63) is 10.4 Å². The van der Waals surface area contributed by atoms with Crippen molar-refractivity contribution < 1.29 is 14.9 Å². The zero-order chi connectivity index (χ0) is 15.6. The normalized spacial score (nSPS) is 13.7. The molecule has 0 saturated heterocycles. The molecule has 0 fully saturated rings. The van der Waals surface area contributed by atoms with E-state index in [0.717, 1.165) is 0 Å². The molecular formula is C12H17N5O4. The number of anilines is 3. The lowest BCUT2D eigenvalue weighted by Gasteiger charge is -2.21. The summed E-state index contributed by atoms with van der Waals surface area (Å²) in [6, 6.07) is 2.40. The molecule has 2 rings (SSSR count). The molecule has 0 bridgehead atoms. The van der Waals surface area contributed by atoms with Crippen LogP contribution in [0.3, 0.4) is 0 Å². The van der Waals surface area contributed by atoms with Gasteiger partial charge in [-0.3, -0.25) is 14.3 Å². The summed E-state index contributed by atoms with van der Waals surface area (Å²) in [4.78, 5) is 19.4. The molecule has 0 spiro atoms. The summed E-state index contributed by atoms with van der Waals surface area (Å²) < 4.78 is 6.53. The highest BCUT2D eigenvalue weighted by Crippen LogP contribution is 2.30. The van der Waals surface area contributed by atoms with Gasteiger partial charge in [0.25, 0.3) is 5.56 Å². The Labute approximate surface area is 121 Å². The van der Waals surface area contributed by atoms with E-state index >= 15 is 0 Å². The lowest BCUT2D eigenvalue weighted by Crippen LogP contribution is -2.34. The molecule has 114 valence electrons. The van der Waals surface area contributed by atoms with Gasteiger partial charge >= 0.3 is 0 Å². The first-order valence-corrected chi connectivity index (χ1v) is 6.22. The van der Waals surface area contributed by atoms with E-state index in [9.17, 15) is 4.79 Å². The van der Waals surface area contributed by atoms with Crippen molar-refractivity contribution in [3.8, 4) is 12.5 Å². The second-order valence-electron chi connectivity index (χ2n) is 4.53. The minimum atomic E-state index is -0.711. The number of hydrogen-bond acceptors (Lipinski definition) is 8. The smallest absolute Gasteiger partial charge is 0.281 e. The average molecular weight is 295 g/mol. The molecule has 0 atom stereocenters. The van der Waals surface area contributed by atoms with Crippen molar-refractivity contribution in [2.24, 2.45) is 7.05 Å². The standard InChI is InChI=1S/C12H17N5O4/c1-3-16-6-17(7-21-8(4-18)5-19)10-9(16)11(20)15(2)12(13)14-10/h1,8,18-19H,4-7H2,2H3,(H2,13,14). The van der Waals surface area contributed by atoms with Crippen LogP contribution >= 0.6 is 0 Å². The van der Waals surface area contributed by atoms with Gasteiger partial charge in [-0.2, -0.15) is 4.98 Å². The molecule has 2 heterocycles. The summed E-state index contributed by atoms with van der Waals surface area (Å²) in [5.74, 6) is 0.381. The van der Waals surface area contributed by atoms with Crippen molar-refractivity contribution >= 4 is 17.5 Å². The Morgan fingerprint density at radius 3 is 2.76 bits per heavy atom. The van der Waals surface area contributed by atoms with Gasteiger partial charge < -0.3 is 25.6 Å². The highest BCUT2D eigenvalue weighted by atomic mass is 16.5. The molecule has 1 aliphatic heterocycles. The monoisotopic (exact) mass is 295 g/mol. The SMILES string of the molecule is C#CN1CN(COC(CO)CO)c2nc(N)n(C)c(=O)c21. The predicted octanol–water partition coefficient (Wildman–Crippen LogP) is -2.14. The number of terminal acetylenes is 1. The molecule has 0 aromatic carbocycles. The zero-order valence-corrected chi connectivity index (χ0v) is 11.6. The minimum absolute atomic E-state index is 0.0105. The summed E-state index contributed by atoms with van der Waals surface area (Å²) in [5.41, 5.74) is 5.59. The molecule has 0 radical (unpaired) electrons. The lowest BCUT2D eigenvalue weighted by molar-refractivity contribution is -0.0187. The van der Waals surface area contributed by atoms with Crippen molar-refractivity contribution in [2.75, 3.05) is 42.1 Å². The van der Waals surface area contributed by atoms with Crippen LogP contribution in [-0.4, -0.2) is 52.5 Å². The summed E-state index contributed by atoms with van der Waals surface area (Å²) in [5, 5.41) is 18.0. The summed E-state index contributed by atoms with van der Waals surface area (Å²) in [6.45, 7) is -0.415. The van der Waals surface area contributed by atoms with Gasteiger partial charge in [0.1, 0.15) is 19.5 Å². The second kappa shape index (κ2) is 6.01. The highest BCUT2D eigenvalue weighted by molar-refractivity contribution is 5.74. The number of aromatic nitrogens is 2. The van der Waals surface area contributed by atoms with Crippen LogP contribution in [-0.2, 0) is 11.8 Å². The van der Waals surface area contributed by atoms with Crippen LogP contribution in [0.4, 0.5) is 17.5 Å². The molecule has 1 aromatic rings. The molecule has 21 heavy (non-hydrogen) atoms. The first-order chi connectivity index (χ1) is 10.0. The Bertz CT molecular complexity index is 619. The molecule has 0 unspecified atom stereocenters. The average Bonchev–Trinajstić information content (AvgIpc) is 2.84. The Morgan fingerprint density at radius 2 is 2.19 bits per heavy atom. The maximum Gasteiger partial charge on any atom is 0.281 e. The van der Waals surface area contributed by atoms with Crippen LogP contribution in [0.5, 0.6) is 0 Å². The van der Waals surface area contributed by atoms with E-state index in [0.29, 0.717) is 5.82 Å². The van der Waals surface area contributed by atoms with E-state index in [2.05, 4.69) is 11.0 Å². The van der Waals surface area contributed by atoms with Gasteiger partial charge in [0.15, 0.2) is 11.5 Å². The fraction of sp³-hybridized carbons (Fsp3) is 0.500. The third-order valence-electron chi connectivity index (χ3n) is 3.19. The fourth-order valence-electron chi connectivity index (χ4n) is 1.93.